The summed E-state index contributed by atoms with van der Waals surface area (Å²) in [5.74, 6) is -0.593. The highest BCUT2D eigenvalue weighted by molar-refractivity contribution is 6.11. The van der Waals surface area contributed by atoms with Crippen LogP contribution in [0.5, 0.6) is 0 Å². The van der Waals surface area contributed by atoms with Gasteiger partial charge in [-0.2, -0.15) is 4.90 Å². The van der Waals surface area contributed by atoms with Crippen LogP contribution in [-0.2, 0) is 25.6 Å². The van der Waals surface area contributed by atoms with E-state index >= 15 is 0 Å². The van der Waals surface area contributed by atoms with Crippen LogP contribution in [-0.4, -0.2) is 43.7 Å². The number of benzene rings is 1. The SMILES string of the molecule is CC(=O)OCc1cn2c(nc3ccccc32)c(N(C(=O)OC(C)(C)C)C(=O)OC(C)(C)C)n1. The lowest BCUT2D eigenvalue weighted by Crippen LogP contribution is -2.44. The van der Waals surface area contributed by atoms with E-state index in [0.717, 1.165) is 4.90 Å². The zero-order valence-corrected chi connectivity index (χ0v) is 19.8. The predicted octanol–water partition coefficient (Wildman–Crippen LogP) is 4.62. The summed E-state index contributed by atoms with van der Waals surface area (Å²) in [6.07, 6.45) is -0.301. The van der Waals surface area contributed by atoms with Gasteiger partial charge >= 0.3 is 18.2 Å². The monoisotopic (exact) mass is 456 g/mol. The molecule has 176 valence electrons. The number of imide groups is 1. The first-order valence-corrected chi connectivity index (χ1v) is 10.4. The van der Waals surface area contributed by atoms with Gasteiger partial charge in [0.1, 0.15) is 17.8 Å². The number of para-hydroxylation sites is 2. The van der Waals surface area contributed by atoms with Gasteiger partial charge in [-0.05, 0) is 53.7 Å². The molecule has 2 amide bonds. The van der Waals surface area contributed by atoms with Crippen molar-refractivity contribution in [1.29, 1.82) is 0 Å². The van der Waals surface area contributed by atoms with Gasteiger partial charge < -0.3 is 14.2 Å². The maximum absolute atomic E-state index is 13.2. The average molecular weight is 456 g/mol. The van der Waals surface area contributed by atoms with Gasteiger partial charge in [0.05, 0.1) is 16.7 Å². The lowest BCUT2D eigenvalue weighted by Gasteiger charge is -2.28. The van der Waals surface area contributed by atoms with Crippen molar-refractivity contribution in [2.75, 3.05) is 4.90 Å². The maximum atomic E-state index is 13.2. The average Bonchev–Trinajstić information content (AvgIpc) is 3.02. The van der Waals surface area contributed by atoms with Gasteiger partial charge in [-0.3, -0.25) is 9.20 Å². The Bertz CT molecular complexity index is 1190. The van der Waals surface area contributed by atoms with Crippen molar-refractivity contribution in [3.8, 4) is 0 Å². The lowest BCUT2D eigenvalue weighted by atomic mass is 10.2. The molecule has 0 saturated heterocycles. The van der Waals surface area contributed by atoms with Crippen molar-refractivity contribution in [3.05, 3.63) is 36.2 Å². The minimum atomic E-state index is -0.970. The minimum absolute atomic E-state index is 0.0978. The largest absolute Gasteiger partial charge is 0.459 e. The van der Waals surface area contributed by atoms with Gasteiger partial charge in [0.15, 0.2) is 11.5 Å². The molecule has 0 aliphatic carbocycles. The molecule has 0 saturated carbocycles. The molecule has 0 bridgehead atoms. The summed E-state index contributed by atoms with van der Waals surface area (Å²) in [4.78, 5) is 47.4. The number of ether oxygens (including phenoxy) is 3. The van der Waals surface area contributed by atoms with Crippen LogP contribution < -0.4 is 4.90 Å². The fourth-order valence-corrected chi connectivity index (χ4v) is 2.95. The van der Waals surface area contributed by atoms with E-state index in [4.69, 9.17) is 14.2 Å². The molecule has 0 radical (unpaired) electrons. The molecule has 0 aliphatic rings. The summed E-state index contributed by atoms with van der Waals surface area (Å²) in [5.41, 5.74) is 0.103. The molecule has 1 aromatic carbocycles. The third kappa shape index (κ3) is 5.76. The molecule has 33 heavy (non-hydrogen) atoms. The van der Waals surface area contributed by atoms with Crippen LogP contribution in [0.1, 0.15) is 54.2 Å². The molecule has 2 aromatic heterocycles. The number of esters is 1. The number of aromatic nitrogens is 3. The van der Waals surface area contributed by atoms with E-state index in [1.807, 2.05) is 18.2 Å². The molecular weight excluding hydrogens is 428 g/mol. The summed E-state index contributed by atoms with van der Waals surface area (Å²) < 4.78 is 17.7. The Hall–Kier alpha value is -3.69. The number of amides is 2. The van der Waals surface area contributed by atoms with Gasteiger partial charge in [-0.1, -0.05) is 12.1 Å². The zero-order valence-electron chi connectivity index (χ0n) is 19.8. The second kappa shape index (κ2) is 8.68. The molecule has 0 atom stereocenters. The second-order valence-corrected chi connectivity index (χ2v) is 9.43. The van der Waals surface area contributed by atoms with E-state index in [0.29, 0.717) is 16.7 Å². The highest BCUT2D eigenvalue weighted by Gasteiger charge is 2.36. The van der Waals surface area contributed by atoms with Crippen LogP contribution in [0.4, 0.5) is 15.4 Å². The number of carbonyl (C=O) groups excluding carboxylic acids is 3. The third-order valence-electron chi connectivity index (χ3n) is 4.11. The Kier molecular flexibility index (Phi) is 6.31. The predicted molar refractivity (Wildman–Crippen MR) is 121 cm³/mol. The van der Waals surface area contributed by atoms with Crippen LogP contribution in [0.25, 0.3) is 16.7 Å². The Labute approximate surface area is 191 Å². The van der Waals surface area contributed by atoms with Gasteiger partial charge in [0.2, 0.25) is 0 Å². The van der Waals surface area contributed by atoms with Gasteiger partial charge in [-0.25, -0.2) is 19.6 Å². The van der Waals surface area contributed by atoms with E-state index in [9.17, 15) is 14.4 Å². The molecule has 0 unspecified atom stereocenters. The molecule has 0 aliphatic heterocycles. The van der Waals surface area contributed by atoms with Crippen LogP contribution >= 0.6 is 0 Å². The van der Waals surface area contributed by atoms with Crippen molar-refractivity contribution in [1.82, 2.24) is 14.4 Å². The van der Waals surface area contributed by atoms with E-state index < -0.39 is 29.4 Å². The first kappa shape index (κ1) is 24.0. The smallest absolute Gasteiger partial charge is 0.425 e. The van der Waals surface area contributed by atoms with Crippen LogP contribution in [0.3, 0.4) is 0 Å². The highest BCUT2D eigenvalue weighted by atomic mass is 16.6. The van der Waals surface area contributed by atoms with Gasteiger partial charge in [0.25, 0.3) is 0 Å². The van der Waals surface area contributed by atoms with Crippen molar-refractivity contribution < 1.29 is 28.6 Å². The summed E-state index contributed by atoms with van der Waals surface area (Å²) in [7, 11) is 0. The maximum Gasteiger partial charge on any atom is 0.425 e. The second-order valence-electron chi connectivity index (χ2n) is 9.43. The summed E-state index contributed by atoms with van der Waals surface area (Å²) in [6.45, 7) is 11.2. The molecule has 0 N–H and O–H groups in total. The van der Waals surface area contributed by atoms with Crippen LogP contribution in [0, 0.1) is 0 Å². The van der Waals surface area contributed by atoms with Crippen molar-refractivity contribution in [2.45, 2.75) is 66.3 Å². The third-order valence-corrected chi connectivity index (χ3v) is 4.11. The number of nitrogens with zero attached hydrogens (tertiary/aromatic N) is 4. The molecular formula is C23H28N4O6. The summed E-state index contributed by atoms with van der Waals surface area (Å²) in [6, 6.07) is 7.28. The Morgan fingerprint density at radius 2 is 1.52 bits per heavy atom. The topological polar surface area (TPSA) is 112 Å². The van der Waals surface area contributed by atoms with E-state index in [-0.39, 0.29) is 18.1 Å². The Morgan fingerprint density at radius 1 is 0.939 bits per heavy atom. The van der Waals surface area contributed by atoms with Crippen molar-refractivity contribution in [3.63, 3.8) is 0 Å². The quantitative estimate of drug-likeness (QED) is 0.414. The molecule has 3 rings (SSSR count). The Balaban J connectivity index is 2.25. The first-order valence-electron chi connectivity index (χ1n) is 10.4. The zero-order chi connectivity index (χ0) is 24.6. The molecule has 0 fully saturated rings. The first-order chi connectivity index (χ1) is 15.2. The number of hydrogen-bond acceptors (Lipinski definition) is 8. The highest BCUT2D eigenvalue weighted by Crippen LogP contribution is 2.28. The number of anilines is 1. The minimum Gasteiger partial charge on any atom is -0.459 e. The normalized spacial score (nSPS) is 12.0. The van der Waals surface area contributed by atoms with E-state index in [1.165, 1.54) is 6.92 Å². The molecule has 10 heteroatoms. The number of carbonyl (C=O) groups is 3. The van der Waals surface area contributed by atoms with E-state index in [2.05, 4.69) is 9.97 Å². The number of hydrogen-bond donors (Lipinski definition) is 0. The number of rotatable bonds is 3. The van der Waals surface area contributed by atoms with Crippen molar-refractivity contribution in [2.24, 2.45) is 0 Å². The molecule has 0 spiro atoms. The van der Waals surface area contributed by atoms with Crippen molar-refractivity contribution >= 4 is 40.7 Å². The number of imidazole rings is 1. The summed E-state index contributed by atoms with van der Waals surface area (Å²) in [5, 5.41) is 0. The number of fused-ring (bicyclic) bond motifs is 3. The molecule has 3 aromatic rings. The summed E-state index contributed by atoms with van der Waals surface area (Å²) >= 11 is 0. The van der Waals surface area contributed by atoms with Crippen LogP contribution in [0.15, 0.2) is 30.5 Å². The van der Waals surface area contributed by atoms with Crippen LogP contribution in [0.2, 0.25) is 0 Å². The molecule has 2 heterocycles. The Morgan fingerprint density at radius 3 is 2.06 bits per heavy atom. The van der Waals surface area contributed by atoms with E-state index in [1.54, 1.807) is 58.2 Å². The molecule has 10 nitrogen and oxygen atoms in total. The fraction of sp³-hybridized carbons (Fsp3) is 0.435. The van der Waals surface area contributed by atoms with Gasteiger partial charge in [0, 0.05) is 13.1 Å². The lowest BCUT2D eigenvalue weighted by molar-refractivity contribution is -0.142. The fourth-order valence-electron chi connectivity index (χ4n) is 2.95. The van der Waals surface area contributed by atoms with Gasteiger partial charge in [-0.15, -0.1) is 0 Å². The standard InChI is InChI=1S/C23H28N4O6/c1-14(28)31-13-15-12-26-17-11-9-8-10-16(17)25-18(26)19(24-15)27(20(29)32-22(2,3)4)21(30)33-23(5,6)7/h8-12H,13H2,1-7H3.